The number of carbonyl (C=O) groups excluding carboxylic acids is 1. The molecule has 0 bridgehead atoms. The summed E-state index contributed by atoms with van der Waals surface area (Å²) in [5, 5.41) is 7.52. The number of carbonyl (C=O) groups is 1. The summed E-state index contributed by atoms with van der Waals surface area (Å²) in [7, 11) is 0. The molecular weight excluding hydrogens is 316 g/mol. The largest absolute Gasteiger partial charge is 0.348 e. The number of thiophene rings is 1. The molecule has 1 aromatic carbocycles. The minimum Gasteiger partial charge on any atom is -0.348 e. The Morgan fingerprint density at radius 1 is 1.21 bits per heavy atom. The van der Waals surface area contributed by atoms with Crippen molar-refractivity contribution < 1.29 is 10.1 Å². The van der Waals surface area contributed by atoms with E-state index in [0.717, 1.165) is 12.8 Å². The van der Waals surface area contributed by atoms with Crippen LogP contribution in [0.1, 0.15) is 54.7 Å². The molecule has 3 N–H and O–H groups in total. The van der Waals surface area contributed by atoms with Crippen LogP contribution in [0.15, 0.2) is 41.8 Å². The highest BCUT2D eigenvalue weighted by Gasteiger charge is 2.27. The molecule has 24 heavy (non-hydrogen) atoms. The molecule has 2 atom stereocenters. The maximum absolute atomic E-state index is 12.6. The van der Waals surface area contributed by atoms with Crippen LogP contribution in [0.5, 0.6) is 0 Å². The molecule has 1 aliphatic rings. The number of quaternary nitrogens is 1. The zero-order chi connectivity index (χ0) is 16.9. The number of hydrogen-bond acceptors (Lipinski definition) is 2. The van der Waals surface area contributed by atoms with E-state index in [4.69, 9.17) is 0 Å². The normalized spacial score (nSPS) is 17.6. The summed E-state index contributed by atoms with van der Waals surface area (Å²) in [6.45, 7) is 4.12. The van der Waals surface area contributed by atoms with Crippen molar-refractivity contribution in [3.8, 4) is 0 Å². The van der Waals surface area contributed by atoms with Gasteiger partial charge in [-0.1, -0.05) is 48.7 Å². The average molecular weight is 344 g/mol. The van der Waals surface area contributed by atoms with Gasteiger partial charge in [0.2, 0.25) is 0 Å². The number of aryl methyl sites for hydroxylation is 1. The zero-order valence-corrected chi connectivity index (χ0v) is 15.3. The zero-order valence-electron chi connectivity index (χ0n) is 14.5. The van der Waals surface area contributed by atoms with E-state index in [1.165, 1.54) is 28.8 Å². The van der Waals surface area contributed by atoms with Gasteiger partial charge >= 0.3 is 0 Å². The van der Waals surface area contributed by atoms with Crippen LogP contribution in [0.2, 0.25) is 0 Å². The molecule has 1 saturated carbocycles. The summed E-state index contributed by atoms with van der Waals surface area (Å²) < 4.78 is 0. The second-order valence-electron chi connectivity index (χ2n) is 6.87. The summed E-state index contributed by atoms with van der Waals surface area (Å²) in [6.07, 6.45) is 4.74. The number of amides is 1. The maximum atomic E-state index is 12.6. The monoisotopic (exact) mass is 343 g/mol. The third kappa shape index (κ3) is 4.25. The predicted molar refractivity (Wildman–Crippen MR) is 99.1 cm³/mol. The molecule has 0 saturated heterocycles. The molecule has 128 valence electrons. The number of benzene rings is 1. The predicted octanol–water partition coefficient (Wildman–Crippen LogP) is 3.16. The van der Waals surface area contributed by atoms with Gasteiger partial charge in [0.1, 0.15) is 6.04 Å². The van der Waals surface area contributed by atoms with E-state index in [-0.39, 0.29) is 18.0 Å². The van der Waals surface area contributed by atoms with Crippen molar-refractivity contribution in [2.75, 3.05) is 0 Å². The molecule has 0 spiro atoms. The quantitative estimate of drug-likeness (QED) is 0.831. The van der Waals surface area contributed by atoms with E-state index in [1.54, 1.807) is 11.3 Å². The van der Waals surface area contributed by atoms with Crippen LogP contribution in [0.3, 0.4) is 0 Å². The van der Waals surface area contributed by atoms with Gasteiger partial charge in [-0.3, -0.25) is 4.79 Å². The molecule has 3 rings (SSSR count). The Morgan fingerprint density at radius 2 is 1.92 bits per heavy atom. The number of hydrogen-bond donors (Lipinski definition) is 2. The van der Waals surface area contributed by atoms with Crippen LogP contribution >= 0.6 is 11.3 Å². The second-order valence-corrected chi connectivity index (χ2v) is 7.85. The Morgan fingerprint density at radius 3 is 2.54 bits per heavy atom. The standard InChI is InChI=1S/C20H26N2OS/c1-14-9-11-16(12-10-14)19(18-8-5-13-24-18)21-15(2)20(23)22-17-6-3-4-7-17/h5,8-13,15,17,19,21H,3-4,6-7H2,1-2H3,(H,22,23)/p+1/t15-,19+/m0/s1. The third-order valence-electron chi connectivity index (χ3n) is 4.88. The van der Waals surface area contributed by atoms with Gasteiger partial charge < -0.3 is 10.6 Å². The second kappa shape index (κ2) is 7.95. The molecule has 0 radical (unpaired) electrons. The lowest BCUT2D eigenvalue weighted by atomic mass is 10.0. The minimum absolute atomic E-state index is 0.0981. The van der Waals surface area contributed by atoms with Gasteiger partial charge in [0.05, 0.1) is 4.88 Å². The van der Waals surface area contributed by atoms with E-state index in [2.05, 4.69) is 59.3 Å². The smallest absolute Gasteiger partial charge is 0.278 e. The van der Waals surface area contributed by atoms with Crippen molar-refractivity contribution in [3.05, 3.63) is 57.8 Å². The molecule has 1 heterocycles. The van der Waals surface area contributed by atoms with Gasteiger partial charge in [-0.2, -0.15) is 0 Å². The topological polar surface area (TPSA) is 45.7 Å². The van der Waals surface area contributed by atoms with Gasteiger partial charge in [-0.15, -0.1) is 11.3 Å². The molecule has 1 aliphatic carbocycles. The highest BCUT2D eigenvalue weighted by Crippen LogP contribution is 2.23. The lowest BCUT2D eigenvalue weighted by Gasteiger charge is -2.21. The fraction of sp³-hybridized carbons (Fsp3) is 0.450. The average Bonchev–Trinajstić information content (AvgIpc) is 3.27. The SMILES string of the molecule is Cc1ccc([C@@H]([NH2+][C@@H](C)C(=O)NC2CCCC2)c2cccs2)cc1. The van der Waals surface area contributed by atoms with Crippen molar-refractivity contribution in [3.63, 3.8) is 0 Å². The lowest BCUT2D eigenvalue weighted by molar-refractivity contribution is -0.704. The fourth-order valence-corrected chi connectivity index (χ4v) is 4.22. The molecular formula is C20H27N2OS+. The van der Waals surface area contributed by atoms with Crippen LogP contribution in [0.25, 0.3) is 0 Å². The van der Waals surface area contributed by atoms with Crippen molar-refractivity contribution in [1.29, 1.82) is 0 Å². The Hall–Kier alpha value is -1.65. The Bertz CT molecular complexity index is 645. The molecule has 1 amide bonds. The first-order chi connectivity index (χ1) is 11.6. The van der Waals surface area contributed by atoms with E-state index in [0.29, 0.717) is 6.04 Å². The highest BCUT2D eigenvalue weighted by atomic mass is 32.1. The van der Waals surface area contributed by atoms with E-state index in [1.807, 2.05) is 6.92 Å². The van der Waals surface area contributed by atoms with Gasteiger partial charge in [0, 0.05) is 11.6 Å². The van der Waals surface area contributed by atoms with Crippen molar-refractivity contribution in [2.45, 2.75) is 57.7 Å². The van der Waals surface area contributed by atoms with Gasteiger partial charge in [-0.05, 0) is 38.1 Å². The minimum atomic E-state index is -0.0981. The molecule has 0 unspecified atom stereocenters. The first kappa shape index (κ1) is 17.2. The summed E-state index contributed by atoms with van der Waals surface area (Å²) in [5.74, 6) is 0.163. The van der Waals surface area contributed by atoms with Crippen molar-refractivity contribution in [2.24, 2.45) is 0 Å². The Balaban J connectivity index is 1.71. The van der Waals surface area contributed by atoms with Crippen LogP contribution in [-0.2, 0) is 4.79 Å². The Labute approximate surface area is 148 Å². The van der Waals surface area contributed by atoms with Crippen LogP contribution in [0, 0.1) is 6.92 Å². The highest BCUT2D eigenvalue weighted by molar-refractivity contribution is 7.10. The van der Waals surface area contributed by atoms with E-state index < -0.39 is 0 Å². The van der Waals surface area contributed by atoms with Crippen LogP contribution < -0.4 is 10.6 Å². The van der Waals surface area contributed by atoms with E-state index >= 15 is 0 Å². The third-order valence-corrected chi connectivity index (χ3v) is 5.84. The number of nitrogens with one attached hydrogen (secondary N) is 1. The Kier molecular flexibility index (Phi) is 5.69. The van der Waals surface area contributed by atoms with Gasteiger partial charge in [0.15, 0.2) is 6.04 Å². The summed E-state index contributed by atoms with van der Waals surface area (Å²) >= 11 is 1.75. The molecule has 1 aromatic heterocycles. The number of rotatable bonds is 6. The maximum Gasteiger partial charge on any atom is 0.278 e. The summed E-state index contributed by atoms with van der Waals surface area (Å²) in [5.41, 5.74) is 2.51. The summed E-state index contributed by atoms with van der Waals surface area (Å²) in [4.78, 5) is 13.8. The number of nitrogens with two attached hydrogens (primary N) is 1. The van der Waals surface area contributed by atoms with Gasteiger partial charge in [0.25, 0.3) is 5.91 Å². The van der Waals surface area contributed by atoms with Gasteiger partial charge in [-0.25, -0.2) is 0 Å². The summed E-state index contributed by atoms with van der Waals surface area (Å²) in [6, 6.07) is 13.4. The van der Waals surface area contributed by atoms with Crippen LogP contribution in [0.4, 0.5) is 0 Å². The van der Waals surface area contributed by atoms with Crippen molar-refractivity contribution in [1.82, 2.24) is 5.32 Å². The fourth-order valence-electron chi connectivity index (χ4n) is 3.39. The lowest BCUT2D eigenvalue weighted by Crippen LogP contribution is -2.92. The van der Waals surface area contributed by atoms with Crippen molar-refractivity contribution >= 4 is 17.2 Å². The molecule has 4 heteroatoms. The van der Waals surface area contributed by atoms with Crippen LogP contribution in [-0.4, -0.2) is 18.0 Å². The molecule has 2 aromatic rings. The first-order valence-electron chi connectivity index (χ1n) is 8.89. The molecule has 3 nitrogen and oxygen atoms in total. The molecule has 0 aliphatic heterocycles. The first-order valence-corrected chi connectivity index (χ1v) is 9.77. The van der Waals surface area contributed by atoms with E-state index in [9.17, 15) is 4.79 Å². The molecule has 1 fully saturated rings.